The summed E-state index contributed by atoms with van der Waals surface area (Å²) in [6.45, 7) is 0. The van der Waals surface area contributed by atoms with Crippen LogP contribution in [0.3, 0.4) is 0 Å². The molecule has 11 heavy (non-hydrogen) atoms. The van der Waals surface area contributed by atoms with Gasteiger partial charge in [0.15, 0.2) is 5.82 Å². The molecule has 0 fully saturated rings. The second-order valence-corrected chi connectivity index (χ2v) is 2.94. The molecule has 0 unspecified atom stereocenters. The Balaban J connectivity index is 2.53. The summed E-state index contributed by atoms with van der Waals surface area (Å²) in [7, 11) is 0. The zero-order chi connectivity index (χ0) is 7.68. The van der Waals surface area contributed by atoms with E-state index < -0.39 is 0 Å². The van der Waals surface area contributed by atoms with Crippen molar-refractivity contribution in [2.75, 3.05) is 5.73 Å². The molecule has 3 N–H and O–H groups in total. The summed E-state index contributed by atoms with van der Waals surface area (Å²) in [4.78, 5) is 4.98. The van der Waals surface area contributed by atoms with E-state index in [2.05, 4.69) is 15.2 Å². The molecule has 5 heteroatoms. The third kappa shape index (κ3) is 0.988. The lowest BCUT2D eigenvalue weighted by Crippen LogP contribution is -1.85. The van der Waals surface area contributed by atoms with Gasteiger partial charge < -0.3 is 5.73 Å². The molecule has 0 spiro atoms. The molecule has 4 nitrogen and oxygen atoms in total. The molecule has 0 aliphatic heterocycles. The number of hydrogen-bond donors (Lipinski definition) is 2. The Kier molecular flexibility index (Phi) is 1.36. The third-order valence-electron chi connectivity index (χ3n) is 1.37. The van der Waals surface area contributed by atoms with Gasteiger partial charge >= 0.3 is 0 Å². The Hall–Kier alpha value is -1.36. The van der Waals surface area contributed by atoms with Crippen LogP contribution in [0.2, 0.25) is 0 Å². The summed E-state index contributed by atoms with van der Waals surface area (Å²) in [5.41, 5.74) is 8.26. The van der Waals surface area contributed by atoms with Crippen LogP contribution in [-0.2, 0) is 0 Å². The SMILES string of the molecule is Nc1n[nH]cc1-c1cncs1. The summed E-state index contributed by atoms with van der Waals surface area (Å²) >= 11 is 1.54. The van der Waals surface area contributed by atoms with Gasteiger partial charge in [0.05, 0.1) is 16.0 Å². The third-order valence-corrected chi connectivity index (χ3v) is 2.17. The minimum absolute atomic E-state index is 0.522. The number of rotatable bonds is 1. The molecule has 0 atom stereocenters. The molecule has 2 aromatic rings. The van der Waals surface area contributed by atoms with Crippen LogP contribution in [0.15, 0.2) is 17.9 Å². The van der Waals surface area contributed by atoms with Crippen molar-refractivity contribution in [1.82, 2.24) is 15.2 Å². The van der Waals surface area contributed by atoms with Crippen molar-refractivity contribution in [3.05, 3.63) is 17.9 Å². The second-order valence-electron chi connectivity index (χ2n) is 2.05. The molecule has 0 aliphatic rings. The molecule has 2 aromatic heterocycles. The Labute approximate surface area is 67.1 Å². The van der Waals surface area contributed by atoms with Crippen LogP contribution >= 0.6 is 11.3 Å². The second kappa shape index (κ2) is 2.35. The van der Waals surface area contributed by atoms with Gasteiger partial charge in [-0.1, -0.05) is 0 Å². The predicted molar refractivity (Wildman–Crippen MR) is 44.1 cm³/mol. The lowest BCUT2D eigenvalue weighted by molar-refractivity contribution is 1.10. The van der Waals surface area contributed by atoms with Gasteiger partial charge in [-0.2, -0.15) is 5.10 Å². The smallest absolute Gasteiger partial charge is 0.153 e. The van der Waals surface area contributed by atoms with Gasteiger partial charge in [-0.3, -0.25) is 10.1 Å². The highest BCUT2D eigenvalue weighted by molar-refractivity contribution is 7.13. The summed E-state index contributed by atoms with van der Waals surface area (Å²) in [6.07, 6.45) is 3.54. The van der Waals surface area contributed by atoms with Crippen molar-refractivity contribution in [3.63, 3.8) is 0 Å². The fourth-order valence-electron chi connectivity index (χ4n) is 0.847. The Morgan fingerprint density at radius 3 is 3.00 bits per heavy atom. The highest BCUT2D eigenvalue weighted by Crippen LogP contribution is 2.26. The molecule has 2 heterocycles. The summed E-state index contributed by atoms with van der Waals surface area (Å²) < 4.78 is 0. The van der Waals surface area contributed by atoms with Gasteiger partial charge in [-0.25, -0.2) is 0 Å². The Morgan fingerprint density at radius 2 is 2.45 bits per heavy atom. The van der Waals surface area contributed by atoms with E-state index in [1.807, 2.05) is 0 Å². The molecular weight excluding hydrogens is 160 g/mol. The van der Waals surface area contributed by atoms with Crippen LogP contribution in [0, 0.1) is 0 Å². The topological polar surface area (TPSA) is 67.6 Å². The molecule has 56 valence electrons. The van der Waals surface area contributed by atoms with E-state index in [-0.39, 0.29) is 0 Å². The van der Waals surface area contributed by atoms with Gasteiger partial charge in [0.25, 0.3) is 0 Å². The van der Waals surface area contributed by atoms with E-state index in [0.717, 1.165) is 10.4 Å². The minimum atomic E-state index is 0.522. The number of aromatic amines is 1. The van der Waals surface area contributed by atoms with Crippen molar-refractivity contribution in [2.24, 2.45) is 0 Å². The van der Waals surface area contributed by atoms with Gasteiger partial charge in [0.1, 0.15) is 0 Å². The lowest BCUT2D eigenvalue weighted by Gasteiger charge is -1.88. The van der Waals surface area contributed by atoms with Crippen LogP contribution < -0.4 is 5.73 Å². The maximum Gasteiger partial charge on any atom is 0.153 e. The first-order chi connectivity index (χ1) is 5.38. The van der Waals surface area contributed by atoms with Gasteiger partial charge in [0, 0.05) is 12.4 Å². The number of hydrogen-bond acceptors (Lipinski definition) is 4. The highest BCUT2D eigenvalue weighted by atomic mass is 32.1. The molecule has 2 rings (SSSR count). The monoisotopic (exact) mass is 166 g/mol. The molecule has 0 aromatic carbocycles. The quantitative estimate of drug-likeness (QED) is 0.667. The normalized spacial score (nSPS) is 10.2. The molecule has 0 bridgehead atoms. The van der Waals surface area contributed by atoms with E-state index >= 15 is 0 Å². The number of anilines is 1. The van der Waals surface area contributed by atoms with Crippen LogP contribution in [0.1, 0.15) is 0 Å². The number of thiazole rings is 1. The summed E-state index contributed by atoms with van der Waals surface area (Å²) in [6, 6.07) is 0. The van der Waals surface area contributed by atoms with Gasteiger partial charge in [-0.15, -0.1) is 11.3 Å². The number of H-pyrrole nitrogens is 1. The zero-order valence-corrected chi connectivity index (χ0v) is 6.43. The van der Waals surface area contributed by atoms with E-state index in [4.69, 9.17) is 5.73 Å². The number of aromatic nitrogens is 3. The minimum Gasteiger partial charge on any atom is -0.382 e. The van der Waals surface area contributed by atoms with Crippen LogP contribution in [0.5, 0.6) is 0 Å². The standard InChI is InChI=1S/C6H6N4S/c7-6-4(1-9-10-6)5-2-8-3-11-5/h1-3H,(H3,7,9,10). The largest absolute Gasteiger partial charge is 0.382 e. The first-order valence-corrected chi connectivity index (χ1v) is 3.94. The van der Waals surface area contributed by atoms with Crippen LogP contribution in [0.25, 0.3) is 10.4 Å². The summed E-state index contributed by atoms with van der Waals surface area (Å²) in [5.74, 6) is 0.522. The van der Waals surface area contributed by atoms with Crippen molar-refractivity contribution < 1.29 is 0 Å². The van der Waals surface area contributed by atoms with E-state index in [1.165, 1.54) is 0 Å². The number of nitrogens with zero attached hydrogens (tertiary/aromatic N) is 2. The maximum absolute atomic E-state index is 5.57. The average Bonchev–Trinajstić information content (AvgIpc) is 2.55. The van der Waals surface area contributed by atoms with Crippen molar-refractivity contribution in [2.45, 2.75) is 0 Å². The maximum atomic E-state index is 5.57. The predicted octanol–water partition coefficient (Wildman–Crippen LogP) is 1.12. The van der Waals surface area contributed by atoms with Crippen LogP contribution in [0.4, 0.5) is 5.82 Å². The molecule has 0 saturated heterocycles. The molecule has 0 amide bonds. The molecule has 0 aliphatic carbocycles. The molecule has 0 radical (unpaired) electrons. The van der Waals surface area contributed by atoms with Crippen molar-refractivity contribution >= 4 is 17.2 Å². The van der Waals surface area contributed by atoms with Crippen LogP contribution in [-0.4, -0.2) is 15.2 Å². The van der Waals surface area contributed by atoms with E-state index in [0.29, 0.717) is 5.82 Å². The fourth-order valence-corrected chi connectivity index (χ4v) is 1.49. The van der Waals surface area contributed by atoms with E-state index in [9.17, 15) is 0 Å². The molecular formula is C6H6N4S. The highest BCUT2D eigenvalue weighted by Gasteiger charge is 2.04. The van der Waals surface area contributed by atoms with Gasteiger partial charge in [-0.05, 0) is 0 Å². The first-order valence-electron chi connectivity index (χ1n) is 3.06. The number of nitrogens with two attached hydrogens (primary N) is 1. The Bertz CT molecular complexity index is 337. The van der Waals surface area contributed by atoms with Crippen molar-refractivity contribution in [1.29, 1.82) is 0 Å². The Morgan fingerprint density at radius 1 is 1.55 bits per heavy atom. The fraction of sp³-hybridized carbons (Fsp3) is 0. The number of nitrogens with one attached hydrogen (secondary N) is 1. The number of nitrogen functional groups attached to an aromatic ring is 1. The molecule has 0 saturated carbocycles. The lowest BCUT2D eigenvalue weighted by atomic mass is 10.3. The van der Waals surface area contributed by atoms with Crippen molar-refractivity contribution in [3.8, 4) is 10.4 Å². The van der Waals surface area contributed by atoms with E-state index in [1.54, 1.807) is 29.2 Å². The van der Waals surface area contributed by atoms with Gasteiger partial charge in [0.2, 0.25) is 0 Å². The summed E-state index contributed by atoms with van der Waals surface area (Å²) in [5, 5.41) is 6.49. The first kappa shape index (κ1) is 6.36. The average molecular weight is 166 g/mol. The zero-order valence-electron chi connectivity index (χ0n) is 5.61.